The van der Waals surface area contributed by atoms with Gasteiger partial charge in [0, 0.05) is 53.0 Å². The molecule has 0 atom stereocenters. The van der Waals surface area contributed by atoms with Gasteiger partial charge in [0.2, 0.25) is 0 Å². The maximum absolute atomic E-state index is 11.8. The quantitative estimate of drug-likeness (QED) is 0.545. The molecule has 2 amide bonds. The number of amides is 2. The van der Waals surface area contributed by atoms with Gasteiger partial charge in [-0.1, -0.05) is 6.08 Å². The molecule has 1 N–H and O–H groups in total. The molecule has 5 heteroatoms. The molecule has 1 aliphatic heterocycles. The molecule has 0 radical (unpaired) electrons. The van der Waals surface area contributed by atoms with Gasteiger partial charge in [0.1, 0.15) is 0 Å². The molecule has 1 aliphatic rings. The Morgan fingerprint density at radius 2 is 2.12 bits per heavy atom. The fourth-order valence-electron chi connectivity index (χ4n) is 1.84. The summed E-state index contributed by atoms with van der Waals surface area (Å²) in [6, 6.07) is 0.0411. The summed E-state index contributed by atoms with van der Waals surface area (Å²) in [6.07, 6.45) is 2.76. The van der Waals surface area contributed by atoms with Gasteiger partial charge in [-0.2, -0.15) is 0 Å². The van der Waals surface area contributed by atoms with Gasteiger partial charge in [0.15, 0.2) is 0 Å². The van der Waals surface area contributed by atoms with Crippen LogP contribution in [0.4, 0.5) is 4.79 Å². The van der Waals surface area contributed by atoms with Crippen molar-refractivity contribution in [2.45, 2.75) is 6.42 Å². The average molecular weight is 241 g/mol. The normalized spacial score (nSPS) is 16.9. The molecule has 17 heavy (non-hydrogen) atoms. The standard InChI is InChI=1S/C12H23N3O2/c1-3-6-14-7-9-15(10-8-14)12(16)13-5-4-11-17-2/h3H,1,4-11H2,2H3,(H,13,16). The van der Waals surface area contributed by atoms with Crippen LogP contribution < -0.4 is 5.32 Å². The Hall–Kier alpha value is -1.07. The number of hydrogen-bond acceptors (Lipinski definition) is 3. The van der Waals surface area contributed by atoms with Crippen molar-refractivity contribution >= 4 is 6.03 Å². The number of hydrogen-bond donors (Lipinski definition) is 1. The molecule has 0 aromatic heterocycles. The third-order valence-electron chi connectivity index (χ3n) is 2.85. The van der Waals surface area contributed by atoms with E-state index in [1.54, 1.807) is 7.11 Å². The summed E-state index contributed by atoms with van der Waals surface area (Å²) in [7, 11) is 1.67. The van der Waals surface area contributed by atoms with Crippen LogP contribution >= 0.6 is 0 Å². The zero-order chi connectivity index (χ0) is 12.5. The molecule has 1 rings (SSSR count). The maximum Gasteiger partial charge on any atom is 0.317 e. The summed E-state index contributed by atoms with van der Waals surface area (Å²) in [5.74, 6) is 0. The highest BCUT2D eigenvalue weighted by Gasteiger charge is 2.19. The first kappa shape index (κ1) is 14.0. The number of rotatable bonds is 6. The lowest BCUT2D eigenvalue weighted by Gasteiger charge is -2.34. The molecule has 98 valence electrons. The van der Waals surface area contributed by atoms with E-state index >= 15 is 0 Å². The lowest BCUT2D eigenvalue weighted by molar-refractivity contribution is 0.145. The molecular formula is C12H23N3O2. The Morgan fingerprint density at radius 1 is 1.41 bits per heavy atom. The second-order valence-corrected chi connectivity index (χ2v) is 4.15. The predicted molar refractivity (Wildman–Crippen MR) is 68.1 cm³/mol. The van der Waals surface area contributed by atoms with Crippen molar-refractivity contribution in [2.75, 3.05) is 53.0 Å². The number of carbonyl (C=O) groups excluding carboxylic acids is 1. The van der Waals surface area contributed by atoms with E-state index in [-0.39, 0.29) is 6.03 Å². The molecule has 0 aliphatic carbocycles. The topological polar surface area (TPSA) is 44.8 Å². The predicted octanol–water partition coefficient (Wildman–Crippen LogP) is 0.536. The van der Waals surface area contributed by atoms with Gasteiger partial charge in [-0.05, 0) is 6.42 Å². The zero-order valence-electron chi connectivity index (χ0n) is 10.7. The maximum atomic E-state index is 11.8. The first-order valence-corrected chi connectivity index (χ1v) is 6.13. The second kappa shape index (κ2) is 8.08. The highest BCUT2D eigenvalue weighted by molar-refractivity contribution is 5.74. The van der Waals surface area contributed by atoms with Crippen LogP contribution in [0.3, 0.4) is 0 Å². The Bertz CT molecular complexity index is 238. The number of ether oxygens (including phenoxy) is 1. The van der Waals surface area contributed by atoms with Gasteiger partial charge in [0.25, 0.3) is 0 Å². The van der Waals surface area contributed by atoms with E-state index in [9.17, 15) is 4.79 Å². The van der Waals surface area contributed by atoms with Gasteiger partial charge in [-0.15, -0.1) is 6.58 Å². The van der Waals surface area contributed by atoms with E-state index in [0.29, 0.717) is 13.2 Å². The minimum absolute atomic E-state index is 0.0411. The van der Waals surface area contributed by atoms with Crippen LogP contribution in [-0.2, 0) is 4.74 Å². The first-order valence-electron chi connectivity index (χ1n) is 6.13. The third-order valence-corrected chi connectivity index (χ3v) is 2.85. The van der Waals surface area contributed by atoms with Crippen molar-refractivity contribution in [2.24, 2.45) is 0 Å². The lowest BCUT2D eigenvalue weighted by atomic mass is 10.3. The fraction of sp³-hybridized carbons (Fsp3) is 0.750. The summed E-state index contributed by atoms with van der Waals surface area (Å²) >= 11 is 0. The van der Waals surface area contributed by atoms with Crippen LogP contribution in [0.1, 0.15) is 6.42 Å². The summed E-state index contributed by atoms with van der Waals surface area (Å²) in [4.78, 5) is 15.9. The lowest BCUT2D eigenvalue weighted by Crippen LogP contribution is -2.51. The average Bonchev–Trinajstić information content (AvgIpc) is 2.36. The van der Waals surface area contributed by atoms with Crippen LogP contribution in [-0.4, -0.2) is 68.8 Å². The van der Waals surface area contributed by atoms with Crippen LogP contribution in [0, 0.1) is 0 Å². The van der Waals surface area contributed by atoms with Gasteiger partial charge in [-0.25, -0.2) is 4.79 Å². The molecule has 1 saturated heterocycles. The summed E-state index contributed by atoms with van der Waals surface area (Å²) in [5, 5.41) is 2.90. The van der Waals surface area contributed by atoms with Crippen molar-refractivity contribution in [1.82, 2.24) is 15.1 Å². The number of piperazine rings is 1. The van der Waals surface area contributed by atoms with Gasteiger partial charge < -0.3 is 15.0 Å². The second-order valence-electron chi connectivity index (χ2n) is 4.15. The smallest absolute Gasteiger partial charge is 0.317 e. The molecule has 1 heterocycles. The number of nitrogens with zero attached hydrogens (tertiary/aromatic N) is 2. The van der Waals surface area contributed by atoms with E-state index in [1.807, 2.05) is 11.0 Å². The number of carbonyl (C=O) groups is 1. The largest absolute Gasteiger partial charge is 0.385 e. The Kier molecular flexibility index (Phi) is 6.65. The minimum Gasteiger partial charge on any atom is -0.385 e. The third kappa shape index (κ3) is 5.19. The van der Waals surface area contributed by atoms with Crippen molar-refractivity contribution < 1.29 is 9.53 Å². The summed E-state index contributed by atoms with van der Waals surface area (Å²) in [6.45, 7) is 9.44. The molecule has 1 fully saturated rings. The molecular weight excluding hydrogens is 218 g/mol. The highest BCUT2D eigenvalue weighted by Crippen LogP contribution is 2.01. The van der Waals surface area contributed by atoms with Crippen molar-refractivity contribution in [3.63, 3.8) is 0 Å². The van der Waals surface area contributed by atoms with Crippen molar-refractivity contribution in [3.8, 4) is 0 Å². The van der Waals surface area contributed by atoms with E-state index in [1.165, 1.54) is 0 Å². The highest BCUT2D eigenvalue weighted by atomic mass is 16.5. The van der Waals surface area contributed by atoms with Crippen molar-refractivity contribution in [1.29, 1.82) is 0 Å². The van der Waals surface area contributed by atoms with E-state index in [2.05, 4.69) is 16.8 Å². The Morgan fingerprint density at radius 3 is 2.71 bits per heavy atom. The van der Waals surface area contributed by atoms with E-state index < -0.39 is 0 Å². The Balaban J connectivity index is 2.14. The fourth-order valence-corrected chi connectivity index (χ4v) is 1.84. The number of nitrogens with one attached hydrogen (secondary N) is 1. The van der Waals surface area contributed by atoms with Gasteiger partial charge >= 0.3 is 6.03 Å². The SMILES string of the molecule is C=CCN1CCN(C(=O)NCCCOC)CC1. The molecule has 0 saturated carbocycles. The van der Waals surface area contributed by atoms with E-state index in [4.69, 9.17) is 4.74 Å². The molecule has 0 spiro atoms. The molecule has 0 unspecified atom stereocenters. The monoisotopic (exact) mass is 241 g/mol. The summed E-state index contributed by atoms with van der Waals surface area (Å²) < 4.78 is 4.93. The van der Waals surface area contributed by atoms with E-state index in [0.717, 1.165) is 39.1 Å². The van der Waals surface area contributed by atoms with Crippen LogP contribution in [0.15, 0.2) is 12.7 Å². The first-order chi connectivity index (χ1) is 8.27. The minimum atomic E-state index is 0.0411. The molecule has 0 aromatic rings. The van der Waals surface area contributed by atoms with Crippen LogP contribution in [0.25, 0.3) is 0 Å². The number of methoxy groups -OCH3 is 1. The molecule has 0 bridgehead atoms. The van der Waals surface area contributed by atoms with Gasteiger partial charge in [-0.3, -0.25) is 4.90 Å². The zero-order valence-corrected chi connectivity index (χ0v) is 10.7. The molecule has 0 aromatic carbocycles. The summed E-state index contributed by atoms with van der Waals surface area (Å²) in [5.41, 5.74) is 0. The number of urea groups is 1. The Labute approximate surface area is 103 Å². The van der Waals surface area contributed by atoms with Crippen LogP contribution in [0.5, 0.6) is 0 Å². The van der Waals surface area contributed by atoms with Crippen LogP contribution in [0.2, 0.25) is 0 Å². The van der Waals surface area contributed by atoms with Gasteiger partial charge in [0.05, 0.1) is 0 Å². The molecule has 5 nitrogen and oxygen atoms in total. The van der Waals surface area contributed by atoms with Crippen molar-refractivity contribution in [3.05, 3.63) is 12.7 Å².